The first kappa shape index (κ1) is 10.7. The number of aliphatic hydroxyl groups excluding tert-OH is 1. The van der Waals surface area contributed by atoms with E-state index in [1.54, 1.807) is 0 Å². The molecule has 1 aliphatic rings. The highest BCUT2D eigenvalue weighted by Crippen LogP contribution is 2.13. The number of hydrogen-bond donors (Lipinski definition) is 1. The van der Waals surface area contributed by atoms with Crippen molar-refractivity contribution in [2.75, 3.05) is 19.8 Å². The van der Waals surface area contributed by atoms with Crippen LogP contribution >= 0.6 is 0 Å². The molecule has 0 aliphatic carbocycles. The van der Waals surface area contributed by atoms with Crippen molar-refractivity contribution < 1.29 is 14.6 Å². The molecule has 0 aromatic carbocycles. The molecule has 13 heavy (non-hydrogen) atoms. The summed E-state index contributed by atoms with van der Waals surface area (Å²) in [4.78, 5) is 0. The molecular weight excluding hydrogens is 168 g/mol. The molecule has 1 N–H and O–H groups in total. The molecule has 0 amide bonds. The van der Waals surface area contributed by atoms with Crippen LogP contribution in [0.5, 0.6) is 0 Å². The van der Waals surface area contributed by atoms with Crippen LogP contribution in [0.2, 0.25) is 0 Å². The van der Waals surface area contributed by atoms with Gasteiger partial charge in [-0.05, 0) is 19.3 Å². The van der Waals surface area contributed by atoms with Gasteiger partial charge in [-0.2, -0.15) is 0 Å². The highest BCUT2D eigenvalue weighted by molar-refractivity contribution is 4.92. The van der Waals surface area contributed by atoms with Crippen LogP contribution in [0.3, 0.4) is 0 Å². The van der Waals surface area contributed by atoms with E-state index in [4.69, 9.17) is 14.6 Å². The molecule has 3 nitrogen and oxygen atoms in total. The van der Waals surface area contributed by atoms with Crippen LogP contribution in [0.25, 0.3) is 0 Å². The predicted octanol–water partition coefficient (Wildman–Crippen LogP) is 1.47. The van der Waals surface area contributed by atoms with Gasteiger partial charge in [0.25, 0.3) is 0 Å². The molecule has 1 saturated heterocycles. The third kappa shape index (κ3) is 4.41. The van der Waals surface area contributed by atoms with E-state index in [0.717, 1.165) is 37.9 Å². The molecule has 3 heteroatoms. The standard InChI is InChI=1S/C10H18O3/c1-9(8-11)4-2-6-12-10-5-3-7-13-10/h10-11H,1-8H2. The van der Waals surface area contributed by atoms with Crippen LogP contribution in [0.4, 0.5) is 0 Å². The van der Waals surface area contributed by atoms with E-state index in [-0.39, 0.29) is 12.9 Å². The van der Waals surface area contributed by atoms with Crippen LogP contribution in [0.15, 0.2) is 12.2 Å². The molecule has 0 bridgehead atoms. The van der Waals surface area contributed by atoms with Crippen LogP contribution in [-0.2, 0) is 9.47 Å². The number of ether oxygens (including phenoxy) is 2. The first-order valence-corrected chi connectivity index (χ1v) is 4.83. The van der Waals surface area contributed by atoms with E-state index >= 15 is 0 Å². The molecule has 1 aliphatic heterocycles. The Kier molecular flexibility index (Phi) is 5.05. The fourth-order valence-electron chi connectivity index (χ4n) is 1.30. The molecule has 0 spiro atoms. The molecule has 1 heterocycles. The summed E-state index contributed by atoms with van der Waals surface area (Å²) in [5.74, 6) is 0. The van der Waals surface area contributed by atoms with Gasteiger partial charge in [0.05, 0.1) is 13.2 Å². The fourth-order valence-corrected chi connectivity index (χ4v) is 1.30. The maximum atomic E-state index is 8.68. The Morgan fingerprint density at radius 3 is 3.08 bits per heavy atom. The highest BCUT2D eigenvalue weighted by Gasteiger charge is 2.14. The normalized spacial score (nSPS) is 22.1. The average Bonchev–Trinajstić information content (AvgIpc) is 2.64. The number of rotatable bonds is 6. The molecule has 1 unspecified atom stereocenters. The van der Waals surface area contributed by atoms with Crippen LogP contribution < -0.4 is 0 Å². The Hall–Kier alpha value is -0.380. The van der Waals surface area contributed by atoms with Gasteiger partial charge in [0.1, 0.15) is 0 Å². The summed E-state index contributed by atoms with van der Waals surface area (Å²) in [6, 6.07) is 0. The van der Waals surface area contributed by atoms with E-state index in [9.17, 15) is 0 Å². The SMILES string of the molecule is C=C(CO)CCCOC1CCCO1. The average molecular weight is 186 g/mol. The van der Waals surface area contributed by atoms with E-state index in [2.05, 4.69) is 6.58 Å². The number of hydrogen-bond acceptors (Lipinski definition) is 3. The lowest BCUT2D eigenvalue weighted by atomic mass is 10.2. The summed E-state index contributed by atoms with van der Waals surface area (Å²) < 4.78 is 10.7. The van der Waals surface area contributed by atoms with Gasteiger partial charge < -0.3 is 14.6 Å². The quantitative estimate of drug-likeness (QED) is 0.504. The van der Waals surface area contributed by atoms with E-state index < -0.39 is 0 Å². The van der Waals surface area contributed by atoms with Gasteiger partial charge in [-0.25, -0.2) is 0 Å². The van der Waals surface area contributed by atoms with Crippen LogP contribution in [-0.4, -0.2) is 31.2 Å². The Morgan fingerprint density at radius 1 is 1.62 bits per heavy atom. The van der Waals surface area contributed by atoms with E-state index in [1.165, 1.54) is 0 Å². The van der Waals surface area contributed by atoms with Crippen LogP contribution in [0.1, 0.15) is 25.7 Å². The van der Waals surface area contributed by atoms with Crippen molar-refractivity contribution in [3.63, 3.8) is 0 Å². The minimum absolute atomic E-state index is 0.0161. The summed E-state index contributed by atoms with van der Waals surface area (Å²) in [5.41, 5.74) is 0.871. The summed E-state index contributed by atoms with van der Waals surface area (Å²) in [6.07, 6.45) is 3.89. The Labute approximate surface area is 79.3 Å². The highest BCUT2D eigenvalue weighted by atomic mass is 16.7. The summed E-state index contributed by atoms with van der Waals surface area (Å²) >= 11 is 0. The third-order valence-electron chi connectivity index (χ3n) is 2.09. The smallest absolute Gasteiger partial charge is 0.157 e. The minimum Gasteiger partial charge on any atom is -0.392 e. The maximum absolute atomic E-state index is 8.68. The van der Waals surface area contributed by atoms with Gasteiger partial charge in [0.2, 0.25) is 0 Å². The monoisotopic (exact) mass is 186 g/mol. The lowest BCUT2D eigenvalue weighted by Gasteiger charge is -2.10. The molecule has 0 radical (unpaired) electrons. The first-order valence-electron chi connectivity index (χ1n) is 4.83. The van der Waals surface area contributed by atoms with Crippen molar-refractivity contribution in [1.29, 1.82) is 0 Å². The lowest BCUT2D eigenvalue weighted by molar-refractivity contribution is -0.111. The molecule has 76 valence electrons. The largest absolute Gasteiger partial charge is 0.392 e. The summed E-state index contributed by atoms with van der Waals surface area (Å²) in [6.45, 7) is 5.31. The van der Waals surface area contributed by atoms with E-state index in [1.807, 2.05) is 0 Å². The molecule has 0 aromatic rings. The lowest BCUT2D eigenvalue weighted by Crippen LogP contribution is -2.11. The van der Waals surface area contributed by atoms with Crippen molar-refractivity contribution in [3.05, 3.63) is 12.2 Å². The van der Waals surface area contributed by atoms with Gasteiger partial charge in [-0.1, -0.05) is 12.2 Å². The van der Waals surface area contributed by atoms with Gasteiger partial charge in [-0.15, -0.1) is 0 Å². The zero-order valence-corrected chi connectivity index (χ0v) is 8.00. The van der Waals surface area contributed by atoms with Crippen molar-refractivity contribution in [1.82, 2.24) is 0 Å². The molecule has 0 saturated carbocycles. The zero-order chi connectivity index (χ0) is 9.52. The Balaban J connectivity index is 1.91. The predicted molar refractivity (Wildman–Crippen MR) is 50.4 cm³/mol. The van der Waals surface area contributed by atoms with Crippen molar-refractivity contribution in [2.24, 2.45) is 0 Å². The van der Waals surface area contributed by atoms with Crippen LogP contribution in [0, 0.1) is 0 Å². The Morgan fingerprint density at radius 2 is 2.46 bits per heavy atom. The van der Waals surface area contributed by atoms with Gasteiger partial charge in [0, 0.05) is 13.0 Å². The molecular formula is C10H18O3. The topological polar surface area (TPSA) is 38.7 Å². The van der Waals surface area contributed by atoms with Crippen molar-refractivity contribution >= 4 is 0 Å². The molecule has 0 aromatic heterocycles. The first-order chi connectivity index (χ1) is 6.33. The third-order valence-corrected chi connectivity index (χ3v) is 2.09. The Bertz CT molecular complexity index is 150. The molecule has 1 atom stereocenters. The van der Waals surface area contributed by atoms with Crippen molar-refractivity contribution in [2.45, 2.75) is 32.0 Å². The second kappa shape index (κ2) is 6.13. The van der Waals surface area contributed by atoms with Gasteiger partial charge in [-0.3, -0.25) is 0 Å². The number of aliphatic hydroxyl groups is 1. The second-order valence-electron chi connectivity index (χ2n) is 3.33. The molecule has 1 rings (SSSR count). The second-order valence-corrected chi connectivity index (χ2v) is 3.33. The maximum Gasteiger partial charge on any atom is 0.157 e. The summed E-state index contributed by atoms with van der Waals surface area (Å²) in [7, 11) is 0. The van der Waals surface area contributed by atoms with Gasteiger partial charge in [0.15, 0.2) is 6.29 Å². The fraction of sp³-hybridized carbons (Fsp3) is 0.800. The van der Waals surface area contributed by atoms with Crippen molar-refractivity contribution in [3.8, 4) is 0 Å². The van der Waals surface area contributed by atoms with E-state index in [0.29, 0.717) is 6.61 Å². The molecule has 1 fully saturated rings. The summed E-state index contributed by atoms with van der Waals surface area (Å²) in [5, 5.41) is 8.68. The zero-order valence-electron chi connectivity index (χ0n) is 8.00. The minimum atomic E-state index is 0.0161. The van der Waals surface area contributed by atoms with Gasteiger partial charge >= 0.3 is 0 Å².